The number of ether oxygens (including phenoxy) is 1. The van der Waals surface area contributed by atoms with E-state index in [1.54, 1.807) is 0 Å². The van der Waals surface area contributed by atoms with Crippen LogP contribution in [0.3, 0.4) is 0 Å². The average Bonchev–Trinajstić information content (AvgIpc) is 3.06. The number of hydrogen-bond donors (Lipinski definition) is 1. The second kappa shape index (κ2) is 6.08. The van der Waals surface area contributed by atoms with Gasteiger partial charge in [0.15, 0.2) is 0 Å². The van der Waals surface area contributed by atoms with Crippen LogP contribution in [0.2, 0.25) is 0 Å². The molecular weight excluding hydrogens is 238 g/mol. The minimum absolute atomic E-state index is 0.595. The predicted octanol–water partition coefficient (Wildman–Crippen LogP) is 0.779. The van der Waals surface area contributed by atoms with Gasteiger partial charge in [-0.2, -0.15) is 0 Å². The lowest BCUT2D eigenvalue weighted by molar-refractivity contribution is 0.0465. The third-order valence-electron chi connectivity index (χ3n) is 5.40. The SMILES string of the molecule is CNC(CN1CC2CCCN2CC1C)C1CCOC1. The van der Waals surface area contributed by atoms with E-state index >= 15 is 0 Å². The summed E-state index contributed by atoms with van der Waals surface area (Å²) >= 11 is 0. The van der Waals surface area contributed by atoms with Gasteiger partial charge in [0.05, 0.1) is 6.61 Å². The molecule has 3 fully saturated rings. The van der Waals surface area contributed by atoms with Gasteiger partial charge in [0.2, 0.25) is 0 Å². The van der Waals surface area contributed by atoms with Crippen molar-refractivity contribution in [3.05, 3.63) is 0 Å². The molecular formula is C15H29N3O. The summed E-state index contributed by atoms with van der Waals surface area (Å²) in [5, 5.41) is 3.54. The van der Waals surface area contributed by atoms with Crippen molar-refractivity contribution < 1.29 is 4.74 Å². The van der Waals surface area contributed by atoms with Gasteiger partial charge in [-0.25, -0.2) is 0 Å². The Morgan fingerprint density at radius 3 is 2.95 bits per heavy atom. The van der Waals surface area contributed by atoms with Gasteiger partial charge in [-0.1, -0.05) is 0 Å². The molecule has 0 amide bonds. The van der Waals surface area contributed by atoms with Gasteiger partial charge in [0.1, 0.15) is 0 Å². The highest BCUT2D eigenvalue weighted by molar-refractivity contribution is 4.93. The smallest absolute Gasteiger partial charge is 0.0510 e. The highest BCUT2D eigenvalue weighted by Crippen LogP contribution is 2.26. The Morgan fingerprint density at radius 2 is 2.21 bits per heavy atom. The molecule has 1 N–H and O–H groups in total. The molecule has 110 valence electrons. The Balaban J connectivity index is 1.58. The lowest BCUT2D eigenvalue weighted by Gasteiger charge is -2.44. The molecule has 0 aromatic rings. The highest BCUT2D eigenvalue weighted by atomic mass is 16.5. The standard InChI is InChI=1S/C15H29N3O/c1-12-8-17-6-3-4-14(17)9-18(12)10-15(16-2)13-5-7-19-11-13/h12-16H,3-11H2,1-2H3. The van der Waals surface area contributed by atoms with Crippen LogP contribution in [-0.4, -0.2) is 74.4 Å². The lowest BCUT2D eigenvalue weighted by atomic mass is 9.97. The van der Waals surface area contributed by atoms with Crippen molar-refractivity contribution in [1.29, 1.82) is 0 Å². The summed E-state index contributed by atoms with van der Waals surface area (Å²) in [6.45, 7) is 9.35. The second-order valence-electron chi connectivity index (χ2n) is 6.61. The molecule has 0 radical (unpaired) electrons. The maximum absolute atomic E-state index is 5.56. The van der Waals surface area contributed by atoms with Crippen molar-refractivity contribution >= 4 is 0 Å². The molecule has 4 atom stereocenters. The topological polar surface area (TPSA) is 27.7 Å². The van der Waals surface area contributed by atoms with Crippen LogP contribution in [-0.2, 0) is 4.74 Å². The molecule has 3 aliphatic rings. The summed E-state index contributed by atoms with van der Waals surface area (Å²) in [5.74, 6) is 0.707. The first kappa shape index (κ1) is 13.8. The molecule has 4 nitrogen and oxygen atoms in total. The Labute approximate surface area is 117 Å². The molecule has 0 aromatic carbocycles. The van der Waals surface area contributed by atoms with Gasteiger partial charge in [-0.15, -0.1) is 0 Å². The van der Waals surface area contributed by atoms with E-state index < -0.39 is 0 Å². The Bertz CT molecular complexity index is 293. The largest absolute Gasteiger partial charge is 0.381 e. The van der Waals surface area contributed by atoms with E-state index in [0.29, 0.717) is 18.0 Å². The fourth-order valence-corrected chi connectivity index (χ4v) is 4.10. The van der Waals surface area contributed by atoms with Crippen LogP contribution in [0.5, 0.6) is 0 Å². The van der Waals surface area contributed by atoms with Gasteiger partial charge in [-0.3, -0.25) is 9.80 Å². The number of rotatable bonds is 4. The summed E-state index contributed by atoms with van der Waals surface area (Å²) in [6.07, 6.45) is 4.03. The second-order valence-corrected chi connectivity index (χ2v) is 6.61. The Hall–Kier alpha value is -0.160. The van der Waals surface area contributed by atoms with Crippen LogP contribution in [0.1, 0.15) is 26.2 Å². The molecule has 3 heterocycles. The number of hydrogen-bond acceptors (Lipinski definition) is 4. The van der Waals surface area contributed by atoms with Crippen LogP contribution in [0.4, 0.5) is 0 Å². The minimum atomic E-state index is 0.595. The molecule has 3 aliphatic heterocycles. The monoisotopic (exact) mass is 267 g/mol. The van der Waals surface area contributed by atoms with Gasteiger partial charge < -0.3 is 10.1 Å². The van der Waals surface area contributed by atoms with Gasteiger partial charge >= 0.3 is 0 Å². The van der Waals surface area contributed by atoms with E-state index in [9.17, 15) is 0 Å². The van der Waals surface area contributed by atoms with E-state index in [1.165, 1.54) is 45.4 Å². The number of likely N-dealkylation sites (N-methyl/N-ethyl adjacent to an activating group) is 1. The molecule has 3 saturated heterocycles. The molecule has 19 heavy (non-hydrogen) atoms. The van der Waals surface area contributed by atoms with E-state index in [0.717, 1.165) is 19.3 Å². The van der Waals surface area contributed by atoms with Crippen LogP contribution in [0, 0.1) is 5.92 Å². The first-order chi connectivity index (χ1) is 9.28. The maximum Gasteiger partial charge on any atom is 0.0510 e. The fourth-order valence-electron chi connectivity index (χ4n) is 4.10. The number of piperazine rings is 1. The molecule has 0 saturated carbocycles. The highest BCUT2D eigenvalue weighted by Gasteiger charge is 2.36. The molecule has 0 bridgehead atoms. The Kier molecular flexibility index (Phi) is 4.42. The van der Waals surface area contributed by atoms with Crippen molar-refractivity contribution in [3.63, 3.8) is 0 Å². The average molecular weight is 267 g/mol. The van der Waals surface area contributed by atoms with Crippen molar-refractivity contribution in [2.75, 3.05) is 46.4 Å². The molecule has 4 unspecified atom stereocenters. The molecule has 0 aromatic heterocycles. The summed E-state index contributed by atoms with van der Waals surface area (Å²) in [6, 6.07) is 2.12. The summed E-state index contributed by atoms with van der Waals surface area (Å²) in [4.78, 5) is 5.42. The predicted molar refractivity (Wildman–Crippen MR) is 77.4 cm³/mol. The van der Waals surface area contributed by atoms with E-state index in [-0.39, 0.29) is 0 Å². The van der Waals surface area contributed by atoms with Crippen LogP contribution in [0.25, 0.3) is 0 Å². The minimum Gasteiger partial charge on any atom is -0.381 e. The van der Waals surface area contributed by atoms with Crippen molar-refractivity contribution in [1.82, 2.24) is 15.1 Å². The van der Waals surface area contributed by atoms with E-state index in [4.69, 9.17) is 4.74 Å². The third-order valence-corrected chi connectivity index (χ3v) is 5.40. The fraction of sp³-hybridized carbons (Fsp3) is 1.00. The summed E-state index contributed by atoms with van der Waals surface area (Å²) in [7, 11) is 2.11. The quantitative estimate of drug-likeness (QED) is 0.815. The normalized spacial score (nSPS) is 38.5. The summed E-state index contributed by atoms with van der Waals surface area (Å²) < 4.78 is 5.56. The zero-order valence-electron chi connectivity index (χ0n) is 12.5. The number of fused-ring (bicyclic) bond motifs is 1. The molecule has 0 aliphatic carbocycles. The van der Waals surface area contributed by atoms with Crippen LogP contribution < -0.4 is 5.32 Å². The van der Waals surface area contributed by atoms with Gasteiger partial charge in [-0.05, 0) is 39.8 Å². The van der Waals surface area contributed by atoms with Crippen molar-refractivity contribution in [3.8, 4) is 0 Å². The molecule has 0 spiro atoms. The van der Waals surface area contributed by atoms with Gasteiger partial charge in [0, 0.05) is 50.3 Å². The Morgan fingerprint density at radius 1 is 1.32 bits per heavy atom. The van der Waals surface area contributed by atoms with Crippen LogP contribution in [0.15, 0.2) is 0 Å². The zero-order chi connectivity index (χ0) is 13.2. The van der Waals surface area contributed by atoms with E-state index in [2.05, 4.69) is 29.1 Å². The van der Waals surface area contributed by atoms with Crippen molar-refractivity contribution in [2.24, 2.45) is 5.92 Å². The first-order valence-corrected chi connectivity index (χ1v) is 8.01. The van der Waals surface area contributed by atoms with Gasteiger partial charge in [0.25, 0.3) is 0 Å². The zero-order valence-corrected chi connectivity index (χ0v) is 12.5. The number of nitrogens with zero attached hydrogens (tertiary/aromatic N) is 2. The molecule has 3 rings (SSSR count). The first-order valence-electron chi connectivity index (χ1n) is 8.01. The van der Waals surface area contributed by atoms with Crippen molar-refractivity contribution in [2.45, 2.75) is 44.3 Å². The number of nitrogens with one attached hydrogen (secondary N) is 1. The third kappa shape index (κ3) is 2.97. The lowest BCUT2D eigenvalue weighted by Crippen LogP contribution is -2.58. The molecule has 4 heteroatoms. The van der Waals surface area contributed by atoms with E-state index in [1.807, 2.05) is 0 Å². The maximum atomic E-state index is 5.56. The summed E-state index contributed by atoms with van der Waals surface area (Å²) in [5.41, 5.74) is 0. The van der Waals surface area contributed by atoms with Crippen LogP contribution >= 0.6 is 0 Å².